The second-order valence-corrected chi connectivity index (χ2v) is 11.8. The van der Waals surface area contributed by atoms with Crippen molar-refractivity contribution in [3.63, 3.8) is 0 Å². The van der Waals surface area contributed by atoms with Gasteiger partial charge in [-0.05, 0) is 52.7 Å². The molecule has 1 aliphatic carbocycles. The van der Waals surface area contributed by atoms with Gasteiger partial charge >= 0.3 is 19.4 Å². The van der Waals surface area contributed by atoms with Crippen LogP contribution < -0.4 is 20.9 Å². The smallest absolute Gasteiger partial charge is 0.459 e. The summed E-state index contributed by atoms with van der Waals surface area (Å²) in [6.07, 6.45) is -0.756. The molecular formula is C24H32N3O9P. The number of aliphatic hydroxyl groups is 1. The Labute approximate surface area is 213 Å². The summed E-state index contributed by atoms with van der Waals surface area (Å²) in [7, 11) is -4.23. The highest BCUT2D eigenvalue weighted by Crippen LogP contribution is 2.62. The van der Waals surface area contributed by atoms with Crippen LogP contribution in [0.2, 0.25) is 0 Å². The fraction of sp³-hybridized carbons (Fsp3) is 0.542. The van der Waals surface area contributed by atoms with Crippen LogP contribution in [0.1, 0.15) is 46.8 Å². The summed E-state index contributed by atoms with van der Waals surface area (Å²) >= 11 is 0. The molecule has 3 N–H and O–H groups in total. The Hall–Kier alpha value is -2.76. The predicted molar refractivity (Wildman–Crippen MR) is 132 cm³/mol. The predicted octanol–water partition coefficient (Wildman–Crippen LogP) is 2.10. The molecule has 4 rings (SSSR count). The van der Waals surface area contributed by atoms with Crippen molar-refractivity contribution in [2.75, 3.05) is 6.61 Å². The van der Waals surface area contributed by atoms with E-state index < -0.39 is 60.5 Å². The first-order valence-corrected chi connectivity index (χ1v) is 13.5. The van der Waals surface area contributed by atoms with Crippen LogP contribution in [0.3, 0.4) is 0 Å². The zero-order valence-electron chi connectivity index (χ0n) is 21.1. The third-order valence-electron chi connectivity index (χ3n) is 6.31. The lowest BCUT2D eigenvalue weighted by Crippen LogP contribution is -2.48. The van der Waals surface area contributed by atoms with Gasteiger partial charge in [-0.2, -0.15) is 5.09 Å². The van der Waals surface area contributed by atoms with E-state index in [1.807, 2.05) is 0 Å². The number of nitrogens with zero attached hydrogens (tertiary/aromatic N) is 1. The second kappa shape index (κ2) is 10.2. The van der Waals surface area contributed by atoms with Crippen LogP contribution in [0.5, 0.6) is 5.75 Å². The van der Waals surface area contributed by atoms with Gasteiger partial charge in [0, 0.05) is 17.7 Å². The average Bonchev–Trinajstić information content (AvgIpc) is 3.56. The van der Waals surface area contributed by atoms with E-state index in [-0.39, 0.29) is 12.4 Å². The van der Waals surface area contributed by atoms with Crippen molar-refractivity contribution in [3.8, 4) is 5.75 Å². The standard InChI is InChI=1S/C24H32N3O9P/c1-15(2)34-21(30)23(3,4)26-37(32,36-16-8-6-5-7-9-16)33-14-17-19(29)24(11-12-24)20(35-17)27-13-10-18(28)25-22(27)31/h5-10,13,15,17,19-20,29H,11-12,14H2,1-4H3,(H,26,32)(H,25,28,31)/t17-,19-,20-,37?/m1/s1. The van der Waals surface area contributed by atoms with E-state index in [1.165, 1.54) is 30.7 Å². The van der Waals surface area contributed by atoms with Crippen LogP contribution >= 0.6 is 7.75 Å². The van der Waals surface area contributed by atoms with Gasteiger partial charge in [-0.25, -0.2) is 9.36 Å². The van der Waals surface area contributed by atoms with E-state index in [0.717, 1.165) is 0 Å². The summed E-state index contributed by atoms with van der Waals surface area (Å²) in [5.41, 5.74) is -3.41. The van der Waals surface area contributed by atoms with Gasteiger partial charge in [-0.15, -0.1) is 0 Å². The first-order valence-electron chi connectivity index (χ1n) is 12.0. The summed E-state index contributed by atoms with van der Waals surface area (Å²) in [6, 6.07) is 9.48. The van der Waals surface area contributed by atoms with E-state index in [4.69, 9.17) is 18.5 Å². The van der Waals surface area contributed by atoms with E-state index in [1.54, 1.807) is 44.2 Å². The first-order chi connectivity index (χ1) is 17.4. The van der Waals surface area contributed by atoms with Gasteiger partial charge in [-0.3, -0.25) is 23.7 Å². The maximum atomic E-state index is 13.9. The molecule has 2 aliphatic rings. The fourth-order valence-corrected chi connectivity index (χ4v) is 5.97. The molecule has 13 heteroatoms. The normalized spacial score (nSPS) is 24.1. The third-order valence-corrected chi connectivity index (χ3v) is 8.09. The highest BCUT2D eigenvalue weighted by Gasteiger charge is 2.64. The summed E-state index contributed by atoms with van der Waals surface area (Å²) in [4.78, 5) is 38.7. The van der Waals surface area contributed by atoms with Gasteiger partial charge in [0.2, 0.25) is 0 Å². The molecule has 2 fully saturated rings. The monoisotopic (exact) mass is 537 g/mol. The Kier molecular flexibility index (Phi) is 7.51. The Bertz CT molecular complexity index is 1290. The molecule has 1 spiro atoms. The molecule has 37 heavy (non-hydrogen) atoms. The molecule has 2 heterocycles. The largest absolute Gasteiger partial charge is 0.462 e. The molecule has 202 valence electrons. The molecule has 4 atom stereocenters. The van der Waals surface area contributed by atoms with Gasteiger partial charge in [0.15, 0.2) is 0 Å². The summed E-state index contributed by atoms with van der Waals surface area (Å²) in [6.45, 7) is 5.99. The number of carbonyl (C=O) groups excluding carboxylic acids is 1. The first kappa shape index (κ1) is 27.3. The Morgan fingerprint density at radius 2 is 1.95 bits per heavy atom. The minimum absolute atomic E-state index is 0.232. The molecule has 2 aromatic rings. The maximum Gasteiger partial charge on any atom is 0.459 e. The lowest BCUT2D eigenvalue weighted by Gasteiger charge is -2.30. The van der Waals surface area contributed by atoms with Crippen molar-refractivity contribution in [2.45, 2.75) is 70.6 Å². The Morgan fingerprint density at radius 3 is 2.54 bits per heavy atom. The van der Waals surface area contributed by atoms with Gasteiger partial charge in [0.1, 0.15) is 23.6 Å². The molecule has 1 saturated heterocycles. The van der Waals surface area contributed by atoms with Crippen LogP contribution in [-0.4, -0.2) is 51.1 Å². The zero-order chi connectivity index (χ0) is 27.0. The van der Waals surface area contributed by atoms with Crippen LogP contribution in [0.25, 0.3) is 0 Å². The lowest BCUT2D eigenvalue weighted by molar-refractivity contribution is -0.153. The Balaban J connectivity index is 1.54. The summed E-state index contributed by atoms with van der Waals surface area (Å²) in [5, 5.41) is 13.7. The maximum absolute atomic E-state index is 13.9. The lowest BCUT2D eigenvalue weighted by atomic mass is 9.96. The second-order valence-electron chi connectivity index (χ2n) is 10.1. The molecule has 1 aromatic heterocycles. The molecule has 12 nitrogen and oxygen atoms in total. The van der Waals surface area contributed by atoms with Crippen LogP contribution in [0.4, 0.5) is 0 Å². The summed E-state index contributed by atoms with van der Waals surface area (Å²) in [5.74, 6) is -0.426. The number of nitrogens with one attached hydrogen (secondary N) is 2. The highest BCUT2D eigenvalue weighted by molar-refractivity contribution is 7.52. The zero-order valence-corrected chi connectivity index (χ0v) is 22.0. The van der Waals surface area contributed by atoms with Gasteiger partial charge in [0.25, 0.3) is 5.56 Å². The molecule has 0 amide bonds. The minimum Gasteiger partial charge on any atom is -0.462 e. The van der Waals surface area contributed by atoms with Crippen LogP contribution in [-0.2, 0) is 23.4 Å². The number of aromatic amines is 1. The molecule has 0 bridgehead atoms. The molecule has 0 radical (unpaired) electrons. The molecule has 1 aromatic carbocycles. The Morgan fingerprint density at radius 1 is 1.27 bits per heavy atom. The van der Waals surface area contributed by atoms with Gasteiger partial charge in [-0.1, -0.05) is 18.2 Å². The highest BCUT2D eigenvalue weighted by atomic mass is 31.2. The number of H-pyrrole nitrogens is 1. The number of aliphatic hydroxyl groups excluding tert-OH is 1. The number of esters is 1. The average molecular weight is 538 g/mol. The molecule has 1 unspecified atom stereocenters. The van der Waals surface area contributed by atoms with Crippen LogP contribution in [0.15, 0.2) is 52.2 Å². The number of hydrogen-bond donors (Lipinski definition) is 3. The number of benzene rings is 1. The quantitative estimate of drug-likeness (QED) is 0.303. The third kappa shape index (κ3) is 5.89. The number of para-hydroxylation sites is 1. The SMILES string of the molecule is CC(C)OC(=O)C(C)(C)NP(=O)(OC[C@H]1O[C@@H](n2ccc(=O)[nH]c2=O)C2(CC2)[C@@H]1O)Oc1ccccc1. The minimum atomic E-state index is -4.23. The number of carbonyl (C=O) groups is 1. The van der Waals surface area contributed by atoms with Crippen molar-refractivity contribution >= 4 is 13.7 Å². The van der Waals surface area contributed by atoms with Crippen molar-refractivity contribution in [3.05, 3.63) is 63.4 Å². The topological polar surface area (TPSA) is 158 Å². The number of aromatic nitrogens is 2. The van der Waals surface area contributed by atoms with Crippen molar-refractivity contribution in [1.29, 1.82) is 0 Å². The van der Waals surface area contributed by atoms with Gasteiger partial charge in [0.05, 0.1) is 18.8 Å². The van der Waals surface area contributed by atoms with E-state index in [2.05, 4.69) is 10.1 Å². The van der Waals surface area contributed by atoms with Crippen molar-refractivity contribution in [1.82, 2.24) is 14.6 Å². The number of hydrogen-bond acceptors (Lipinski definition) is 9. The molecular weight excluding hydrogens is 505 g/mol. The van der Waals surface area contributed by atoms with Crippen LogP contribution in [0, 0.1) is 5.41 Å². The molecule has 1 saturated carbocycles. The number of ether oxygens (including phenoxy) is 2. The van der Waals surface area contributed by atoms with E-state index in [9.17, 15) is 24.1 Å². The van der Waals surface area contributed by atoms with E-state index in [0.29, 0.717) is 12.8 Å². The molecule has 1 aliphatic heterocycles. The van der Waals surface area contributed by atoms with Crippen molar-refractivity contribution < 1.29 is 33.0 Å². The summed E-state index contributed by atoms with van der Waals surface area (Å²) < 4.78 is 37.8. The fourth-order valence-electron chi connectivity index (χ4n) is 4.29. The van der Waals surface area contributed by atoms with Crippen molar-refractivity contribution in [2.24, 2.45) is 5.41 Å². The number of rotatable bonds is 10. The van der Waals surface area contributed by atoms with Gasteiger partial charge < -0.3 is 19.1 Å². The van der Waals surface area contributed by atoms with E-state index >= 15 is 0 Å².